The molecule has 0 saturated carbocycles. The van der Waals surface area contributed by atoms with Crippen LogP contribution < -0.4 is 0 Å². The summed E-state index contributed by atoms with van der Waals surface area (Å²) in [5, 5.41) is 8.00. The number of benzene rings is 1. The molecule has 0 aliphatic rings. The maximum Gasteiger partial charge on any atom is 0.160 e. The van der Waals surface area contributed by atoms with Crippen LogP contribution in [-0.2, 0) is 0 Å². The van der Waals surface area contributed by atoms with Crippen LogP contribution in [-0.4, -0.2) is 43.2 Å². The molecule has 156 valence electrons. The van der Waals surface area contributed by atoms with Crippen LogP contribution in [0.4, 0.5) is 4.39 Å². The third-order valence-electron chi connectivity index (χ3n) is 5.09. The number of aliphatic imine (C=N–C) groups is 2. The van der Waals surface area contributed by atoms with Crippen LogP contribution in [0.1, 0.15) is 12.5 Å². The molecule has 0 amide bonds. The van der Waals surface area contributed by atoms with Gasteiger partial charge in [0, 0.05) is 47.4 Å². The molecule has 0 bridgehead atoms. The summed E-state index contributed by atoms with van der Waals surface area (Å²) in [5.74, 6) is 0.155. The second-order valence-electron chi connectivity index (χ2n) is 7.09. The minimum absolute atomic E-state index is 0.380. The first-order chi connectivity index (χ1) is 15.7. The van der Waals surface area contributed by atoms with Gasteiger partial charge in [-0.2, -0.15) is 5.10 Å². The lowest BCUT2D eigenvalue weighted by Crippen LogP contribution is -1.88. The quantitative estimate of drug-likeness (QED) is 0.312. The molecular weight excluding hydrogens is 407 g/mol. The minimum atomic E-state index is -0.380. The largest absolute Gasteiger partial charge is 0.321 e. The van der Waals surface area contributed by atoms with Crippen LogP contribution in [0.25, 0.3) is 50.3 Å². The van der Waals surface area contributed by atoms with E-state index in [4.69, 9.17) is 4.98 Å². The lowest BCUT2D eigenvalue weighted by molar-refractivity contribution is 0.625. The van der Waals surface area contributed by atoms with Gasteiger partial charge in [-0.3, -0.25) is 15.1 Å². The van der Waals surface area contributed by atoms with E-state index in [0.29, 0.717) is 33.8 Å². The number of hydrogen-bond donors (Lipinski definition) is 2. The van der Waals surface area contributed by atoms with Gasteiger partial charge in [0.2, 0.25) is 0 Å². The molecule has 0 unspecified atom stereocenters. The van der Waals surface area contributed by atoms with Crippen LogP contribution in [0.3, 0.4) is 0 Å². The van der Waals surface area contributed by atoms with Gasteiger partial charge >= 0.3 is 0 Å². The topological polar surface area (TPSA) is 108 Å². The second-order valence-corrected chi connectivity index (χ2v) is 7.09. The summed E-state index contributed by atoms with van der Waals surface area (Å²) in [6.45, 7) is 5.11. The van der Waals surface area contributed by atoms with Gasteiger partial charge in [-0.15, -0.1) is 0 Å². The lowest BCUT2D eigenvalue weighted by atomic mass is 10.0. The smallest absolute Gasteiger partial charge is 0.160 e. The number of rotatable bonds is 5. The van der Waals surface area contributed by atoms with Crippen molar-refractivity contribution in [2.75, 3.05) is 0 Å². The molecule has 5 aromatic rings. The number of fused-ring (bicyclic) bond motifs is 2. The normalized spacial score (nSPS) is 12.2. The Balaban J connectivity index is 1.65. The number of aromatic amines is 2. The molecule has 0 radical (unpaired) electrons. The number of H-pyrrole nitrogens is 2. The van der Waals surface area contributed by atoms with Crippen molar-refractivity contribution in [1.29, 1.82) is 0 Å². The summed E-state index contributed by atoms with van der Waals surface area (Å²) in [7, 11) is 0. The number of hydrogen-bond acceptors (Lipinski definition) is 5. The first-order valence-corrected chi connectivity index (χ1v) is 9.73. The molecule has 0 spiro atoms. The molecule has 32 heavy (non-hydrogen) atoms. The van der Waals surface area contributed by atoms with Gasteiger partial charge in [0.1, 0.15) is 23.4 Å². The molecule has 0 atom stereocenters. The van der Waals surface area contributed by atoms with E-state index in [2.05, 4.69) is 41.9 Å². The van der Waals surface area contributed by atoms with Crippen molar-refractivity contribution in [2.24, 2.45) is 9.98 Å². The van der Waals surface area contributed by atoms with Crippen molar-refractivity contribution in [3.63, 3.8) is 0 Å². The summed E-state index contributed by atoms with van der Waals surface area (Å²) in [6.07, 6.45) is 8.02. The Labute approximate surface area is 181 Å². The van der Waals surface area contributed by atoms with Gasteiger partial charge in [-0.05, 0) is 49.0 Å². The SMILES string of the molecule is C=N/C=N\C=C(/C)c1cc2c(-c3nc4c(-c5ccncc5)ccnc4[nH]3)n[nH]c2cc1F. The molecule has 9 heteroatoms. The third kappa shape index (κ3) is 3.35. The Bertz CT molecular complexity index is 1510. The molecule has 2 N–H and O–H groups in total. The molecule has 4 aromatic heterocycles. The zero-order chi connectivity index (χ0) is 22.1. The Morgan fingerprint density at radius 2 is 2.00 bits per heavy atom. The van der Waals surface area contributed by atoms with Crippen LogP contribution in [0.5, 0.6) is 0 Å². The molecule has 8 nitrogen and oxygen atoms in total. The van der Waals surface area contributed by atoms with Gasteiger partial charge in [0.15, 0.2) is 11.5 Å². The van der Waals surface area contributed by atoms with Crippen molar-refractivity contribution in [2.45, 2.75) is 6.92 Å². The number of imidazole rings is 1. The lowest BCUT2D eigenvalue weighted by Gasteiger charge is -2.03. The fourth-order valence-electron chi connectivity index (χ4n) is 3.57. The summed E-state index contributed by atoms with van der Waals surface area (Å²) in [6, 6.07) is 8.89. The Kier molecular flexibility index (Phi) is 4.83. The number of aromatic nitrogens is 6. The van der Waals surface area contributed by atoms with E-state index >= 15 is 0 Å². The zero-order valence-electron chi connectivity index (χ0n) is 17.0. The number of halogens is 1. The van der Waals surface area contributed by atoms with Crippen LogP contribution in [0, 0.1) is 5.82 Å². The van der Waals surface area contributed by atoms with Crippen LogP contribution >= 0.6 is 0 Å². The van der Waals surface area contributed by atoms with E-state index in [0.717, 1.165) is 22.0 Å². The van der Waals surface area contributed by atoms with E-state index < -0.39 is 0 Å². The first kappa shape index (κ1) is 19.4. The zero-order valence-corrected chi connectivity index (χ0v) is 17.0. The molecular formula is C23H17FN8. The van der Waals surface area contributed by atoms with Crippen molar-refractivity contribution in [3.8, 4) is 22.6 Å². The highest BCUT2D eigenvalue weighted by atomic mass is 19.1. The first-order valence-electron chi connectivity index (χ1n) is 9.73. The standard InChI is InChI=1S/C23H17FN8/c1-13(11-27-12-25-2)16-9-17-19(10-18(16)24)31-32-21(17)23-29-20-15(5-8-28-22(20)30-23)14-3-6-26-7-4-14/h3-12H,2H2,1H3,(H,31,32)(H,28,29,30)/b13-11+,27-12-. The van der Waals surface area contributed by atoms with Gasteiger partial charge in [0.05, 0.1) is 5.52 Å². The number of allylic oxidation sites excluding steroid dienone is 1. The Hall–Kier alpha value is -4.53. The van der Waals surface area contributed by atoms with E-state index in [1.54, 1.807) is 31.6 Å². The van der Waals surface area contributed by atoms with Crippen molar-refractivity contribution >= 4 is 40.7 Å². The highest BCUT2D eigenvalue weighted by molar-refractivity contribution is 5.97. The molecule has 1 aromatic carbocycles. The van der Waals surface area contributed by atoms with Gasteiger partial charge < -0.3 is 4.98 Å². The predicted octanol–water partition coefficient (Wildman–Crippen LogP) is 4.79. The number of pyridine rings is 2. The van der Waals surface area contributed by atoms with Gasteiger partial charge in [-0.25, -0.2) is 19.4 Å². The fourth-order valence-corrected chi connectivity index (χ4v) is 3.57. The second kappa shape index (κ2) is 7.95. The van der Waals surface area contributed by atoms with E-state index in [1.807, 2.05) is 18.2 Å². The van der Waals surface area contributed by atoms with Crippen molar-refractivity contribution < 1.29 is 4.39 Å². The molecule has 5 rings (SSSR count). The summed E-state index contributed by atoms with van der Waals surface area (Å²) < 4.78 is 14.7. The minimum Gasteiger partial charge on any atom is -0.321 e. The van der Waals surface area contributed by atoms with E-state index in [-0.39, 0.29) is 5.82 Å². The van der Waals surface area contributed by atoms with Crippen LogP contribution in [0.2, 0.25) is 0 Å². The summed E-state index contributed by atoms with van der Waals surface area (Å²) >= 11 is 0. The van der Waals surface area contributed by atoms with Crippen molar-refractivity contribution in [3.05, 3.63) is 66.5 Å². The number of nitrogens with one attached hydrogen (secondary N) is 2. The van der Waals surface area contributed by atoms with Gasteiger partial charge in [-0.1, -0.05) is 0 Å². The molecule has 4 heterocycles. The third-order valence-corrected chi connectivity index (χ3v) is 5.09. The fraction of sp³-hybridized carbons (Fsp3) is 0.0435. The van der Waals surface area contributed by atoms with Gasteiger partial charge in [0.25, 0.3) is 0 Å². The summed E-state index contributed by atoms with van der Waals surface area (Å²) in [4.78, 5) is 24.0. The monoisotopic (exact) mass is 424 g/mol. The number of nitrogens with zero attached hydrogens (tertiary/aromatic N) is 6. The highest BCUT2D eigenvalue weighted by Crippen LogP contribution is 2.32. The highest BCUT2D eigenvalue weighted by Gasteiger charge is 2.18. The summed E-state index contributed by atoms with van der Waals surface area (Å²) in [5.41, 5.74) is 5.45. The molecule has 0 saturated heterocycles. The van der Waals surface area contributed by atoms with E-state index in [1.165, 1.54) is 18.6 Å². The predicted molar refractivity (Wildman–Crippen MR) is 124 cm³/mol. The van der Waals surface area contributed by atoms with Crippen molar-refractivity contribution in [1.82, 2.24) is 30.1 Å². The average molecular weight is 424 g/mol. The average Bonchev–Trinajstić information content (AvgIpc) is 3.42. The molecule has 0 fully saturated rings. The molecule has 0 aliphatic heterocycles. The van der Waals surface area contributed by atoms with E-state index in [9.17, 15) is 4.39 Å². The van der Waals surface area contributed by atoms with Crippen LogP contribution in [0.15, 0.2) is 65.1 Å². The Morgan fingerprint density at radius 1 is 1.16 bits per heavy atom. The Morgan fingerprint density at radius 3 is 2.81 bits per heavy atom. The maximum atomic E-state index is 14.7. The molecule has 0 aliphatic carbocycles. The maximum absolute atomic E-state index is 14.7.